The molecule has 5 heteroatoms. The molecule has 0 aliphatic carbocycles. The topological polar surface area (TPSA) is 44.8 Å². The van der Waals surface area contributed by atoms with Gasteiger partial charge in [-0.25, -0.2) is 0 Å². The smallest absolute Gasteiger partial charge is 0.330 e. The molecule has 0 saturated carbocycles. The Kier molecular flexibility index (Phi) is 12.6. The van der Waals surface area contributed by atoms with E-state index in [9.17, 15) is 4.57 Å². The average molecular weight is 447 g/mol. The van der Waals surface area contributed by atoms with Crippen molar-refractivity contribution < 1.29 is 18.3 Å². The van der Waals surface area contributed by atoms with Crippen LogP contribution in [0.25, 0.3) is 11.1 Å². The molecule has 0 heterocycles. The maximum atomic E-state index is 12.4. The van der Waals surface area contributed by atoms with Crippen LogP contribution in [0.3, 0.4) is 0 Å². The Morgan fingerprint density at radius 3 is 1.74 bits per heavy atom. The molecular weight excluding hydrogens is 407 g/mol. The average Bonchev–Trinajstić information content (AvgIpc) is 2.79. The van der Waals surface area contributed by atoms with E-state index in [2.05, 4.69) is 48.5 Å². The fraction of sp³-hybridized carbons (Fsp3) is 0.538. The third kappa shape index (κ3) is 10.5. The number of unbranched alkanes of at least 4 members (excludes halogenated alkanes) is 7. The number of rotatable bonds is 17. The van der Waals surface area contributed by atoms with E-state index in [4.69, 9.17) is 13.8 Å². The van der Waals surface area contributed by atoms with Crippen LogP contribution in [0.1, 0.15) is 65.2 Å². The minimum absolute atomic E-state index is 0.444. The van der Waals surface area contributed by atoms with Gasteiger partial charge in [0.1, 0.15) is 5.75 Å². The summed E-state index contributed by atoms with van der Waals surface area (Å²) in [5.41, 5.74) is 2.44. The zero-order valence-electron chi connectivity index (χ0n) is 19.3. The molecule has 0 amide bonds. The molecule has 0 unspecified atom stereocenters. The van der Waals surface area contributed by atoms with Gasteiger partial charge < -0.3 is 13.8 Å². The lowest BCUT2D eigenvalue weighted by atomic mass is 10.1. The number of hydrogen-bond donors (Lipinski definition) is 0. The lowest BCUT2D eigenvalue weighted by molar-refractivity contribution is 0.219. The van der Waals surface area contributed by atoms with Gasteiger partial charge in [-0.1, -0.05) is 81.0 Å². The Morgan fingerprint density at radius 1 is 0.645 bits per heavy atom. The van der Waals surface area contributed by atoms with Crippen LogP contribution in [-0.4, -0.2) is 26.0 Å². The van der Waals surface area contributed by atoms with E-state index in [1.165, 1.54) is 43.2 Å². The van der Waals surface area contributed by atoms with Gasteiger partial charge in [-0.15, -0.1) is 0 Å². The number of benzene rings is 2. The van der Waals surface area contributed by atoms with E-state index in [0.717, 1.165) is 31.6 Å². The van der Waals surface area contributed by atoms with Crippen molar-refractivity contribution in [3.8, 4) is 16.9 Å². The van der Waals surface area contributed by atoms with Gasteiger partial charge in [-0.2, -0.15) is 0 Å². The maximum Gasteiger partial charge on any atom is 0.330 e. The first-order valence-corrected chi connectivity index (χ1v) is 13.6. The van der Waals surface area contributed by atoms with Gasteiger partial charge in [0.15, 0.2) is 0 Å². The molecule has 0 saturated heterocycles. The van der Waals surface area contributed by atoms with Crippen molar-refractivity contribution in [2.75, 3.05) is 26.0 Å². The quantitative estimate of drug-likeness (QED) is 0.182. The van der Waals surface area contributed by atoms with Crippen molar-refractivity contribution in [1.29, 1.82) is 0 Å². The van der Waals surface area contributed by atoms with Gasteiger partial charge in [0.25, 0.3) is 0 Å². The molecule has 2 aromatic carbocycles. The number of hydrogen-bond acceptors (Lipinski definition) is 4. The highest BCUT2D eigenvalue weighted by molar-refractivity contribution is 7.53. The second kappa shape index (κ2) is 15.2. The van der Waals surface area contributed by atoms with Crippen LogP contribution in [0.4, 0.5) is 0 Å². The van der Waals surface area contributed by atoms with E-state index >= 15 is 0 Å². The minimum Gasteiger partial charge on any atom is -0.494 e. The first-order valence-electron chi connectivity index (χ1n) is 11.8. The van der Waals surface area contributed by atoms with Crippen LogP contribution >= 0.6 is 7.60 Å². The normalized spacial score (nSPS) is 11.5. The van der Waals surface area contributed by atoms with Crippen molar-refractivity contribution in [2.24, 2.45) is 0 Å². The summed E-state index contributed by atoms with van der Waals surface area (Å²) < 4.78 is 28.9. The Bertz CT molecular complexity index is 736. The summed E-state index contributed by atoms with van der Waals surface area (Å²) in [5, 5.41) is 0. The highest BCUT2D eigenvalue weighted by Gasteiger charge is 2.22. The molecule has 0 spiro atoms. The molecule has 0 aliphatic heterocycles. The summed E-state index contributed by atoms with van der Waals surface area (Å²) in [6.45, 7) is 5.38. The maximum absolute atomic E-state index is 12.4. The first kappa shape index (κ1) is 25.6. The van der Waals surface area contributed by atoms with Crippen molar-refractivity contribution >= 4 is 7.60 Å². The Hall–Kier alpha value is -1.61. The van der Waals surface area contributed by atoms with Crippen LogP contribution in [-0.2, 0) is 13.6 Å². The van der Waals surface area contributed by atoms with E-state index < -0.39 is 7.60 Å². The predicted molar refractivity (Wildman–Crippen MR) is 130 cm³/mol. The fourth-order valence-corrected chi connectivity index (χ4v) is 5.32. The standard InChI is InChI=1S/C26H39O4P/c1-3-29-31(27,30-4-2)23-15-10-8-6-5-7-9-14-22-28-26-20-18-25(19-21-26)24-16-12-11-13-17-24/h11-13,16-21H,3-10,14-15,22-23H2,1-2H3. The SMILES string of the molecule is CCOP(=O)(CCCCCCCCCCOc1ccc(-c2ccccc2)cc1)OCC. The summed E-state index contributed by atoms with van der Waals surface area (Å²) in [7, 11) is -2.85. The molecule has 2 aromatic rings. The monoisotopic (exact) mass is 446 g/mol. The van der Waals surface area contributed by atoms with Gasteiger partial charge in [-0.05, 0) is 49.9 Å². The third-order valence-corrected chi connectivity index (χ3v) is 7.38. The molecule has 0 bridgehead atoms. The van der Waals surface area contributed by atoms with E-state index in [0.29, 0.717) is 19.4 Å². The molecular formula is C26H39O4P. The minimum atomic E-state index is -2.85. The van der Waals surface area contributed by atoms with Crippen molar-refractivity contribution in [3.05, 3.63) is 54.6 Å². The van der Waals surface area contributed by atoms with Gasteiger partial charge in [0, 0.05) is 0 Å². The molecule has 4 nitrogen and oxygen atoms in total. The summed E-state index contributed by atoms with van der Waals surface area (Å²) in [6, 6.07) is 18.7. The molecule has 0 N–H and O–H groups in total. The molecule has 31 heavy (non-hydrogen) atoms. The second-order valence-corrected chi connectivity index (χ2v) is 9.92. The summed E-state index contributed by atoms with van der Waals surface area (Å²) in [6.07, 6.45) is 9.74. The fourth-order valence-electron chi connectivity index (χ4n) is 3.59. The van der Waals surface area contributed by atoms with Crippen molar-refractivity contribution in [1.82, 2.24) is 0 Å². The van der Waals surface area contributed by atoms with Gasteiger partial charge in [0.05, 0.1) is 26.0 Å². The highest BCUT2D eigenvalue weighted by atomic mass is 31.2. The molecule has 2 rings (SSSR count). The lowest BCUT2D eigenvalue weighted by Gasteiger charge is -2.16. The van der Waals surface area contributed by atoms with Crippen LogP contribution in [0.15, 0.2) is 54.6 Å². The lowest BCUT2D eigenvalue weighted by Crippen LogP contribution is -2.00. The zero-order chi connectivity index (χ0) is 22.2. The second-order valence-electron chi connectivity index (χ2n) is 7.74. The van der Waals surface area contributed by atoms with Gasteiger partial charge >= 0.3 is 7.60 Å². The zero-order valence-corrected chi connectivity index (χ0v) is 20.2. The van der Waals surface area contributed by atoms with Crippen LogP contribution in [0.5, 0.6) is 5.75 Å². The first-order chi connectivity index (χ1) is 15.2. The van der Waals surface area contributed by atoms with Crippen molar-refractivity contribution in [3.63, 3.8) is 0 Å². The van der Waals surface area contributed by atoms with E-state index in [1.807, 2.05) is 19.9 Å². The van der Waals surface area contributed by atoms with Crippen LogP contribution in [0.2, 0.25) is 0 Å². The molecule has 0 fully saturated rings. The molecule has 172 valence electrons. The highest BCUT2D eigenvalue weighted by Crippen LogP contribution is 2.48. The Balaban J connectivity index is 1.46. The molecule has 0 atom stereocenters. The summed E-state index contributed by atoms with van der Waals surface area (Å²) in [5.74, 6) is 0.941. The van der Waals surface area contributed by atoms with E-state index in [-0.39, 0.29) is 0 Å². The molecule has 0 aromatic heterocycles. The third-order valence-electron chi connectivity index (χ3n) is 5.21. The molecule has 0 radical (unpaired) electrons. The van der Waals surface area contributed by atoms with Crippen LogP contribution in [0, 0.1) is 0 Å². The van der Waals surface area contributed by atoms with Gasteiger partial charge in [-0.3, -0.25) is 4.57 Å². The van der Waals surface area contributed by atoms with Crippen LogP contribution < -0.4 is 4.74 Å². The molecule has 0 aliphatic rings. The largest absolute Gasteiger partial charge is 0.494 e. The Labute approximate surface area is 188 Å². The van der Waals surface area contributed by atoms with E-state index in [1.54, 1.807) is 0 Å². The Morgan fingerprint density at radius 2 is 1.16 bits per heavy atom. The summed E-state index contributed by atoms with van der Waals surface area (Å²) in [4.78, 5) is 0. The summed E-state index contributed by atoms with van der Waals surface area (Å²) >= 11 is 0. The van der Waals surface area contributed by atoms with Crippen molar-refractivity contribution in [2.45, 2.75) is 65.2 Å². The number of ether oxygens (including phenoxy) is 1. The van der Waals surface area contributed by atoms with Gasteiger partial charge in [0.2, 0.25) is 0 Å². The predicted octanol–water partition coefficient (Wildman–Crippen LogP) is 8.12.